The van der Waals surface area contributed by atoms with E-state index < -0.39 is 11.4 Å². The van der Waals surface area contributed by atoms with Gasteiger partial charge in [0.1, 0.15) is 62.7 Å². The molecule has 17 rings (SSSR count). The number of anilines is 10. The van der Waals surface area contributed by atoms with Crippen LogP contribution in [-0.4, -0.2) is 103 Å². The Kier molecular flexibility index (Phi) is 31.6. The number of halogens is 2. The maximum absolute atomic E-state index is 13.5. The lowest BCUT2D eigenvalue weighted by molar-refractivity contribution is 0.101. The number of fused-ring (bicyclic) bond motifs is 2. The van der Waals surface area contributed by atoms with Gasteiger partial charge in [0, 0.05) is 167 Å². The molecule has 7 aromatic carbocycles. The first-order chi connectivity index (χ1) is 65.7. The Hall–Kier alpha value is -17.2. The summed E-state index contributed by atoms with van der Waals surface area (Å²) in [6.45, 7) is 20.1. The van der Waals surface area contributed by atoms with E-state index in [9.17, 15) is 52.3 Å². The van der Waals surface area contributed by atoms with Crippen molar-refractivity contribution in [2.75, 3.05) is 26.6 Å². The second-order valence-corrected chi connectivity index (χ2v) is 31.0. The summed E-state index contributed by atoms with van der Waals surface area (Å²) in [5.41, 5.74) is 10.3. The first-order valence-electron chi connectivity index (χ1n) is 43.4. The highest BCUT2D eigenvalue weighted by molar-refractivity contribution is 6.31. The van der Waals surface area contributed by atoms with Gasteiger partial charge < -0.3 is 26.6 Å². The second kappa shape index (κ2) is 44.6. The van der Waals surface area contributed by atoms with Gasteiger partial charge in [0.2, 0.25) is 0 Å². The molecule has 0 fully saturated rings. The van der Waals surface area contributed by atoms with Crippen molar-refractivity contribution in [1.29, 1.82) is 0 Å². The van der Waals surface area contributed by atoms with E-state index in [1.165, 1.54) is 76.2 Å². The largest absolute Gasteiger partial charge is 0.350 e. The summed E-state index contributed by atoms with van der Waals surface area (Å²) in [5, 5.41) is 42.2. The van der Waals surface area contributed by atoms with Crippen molar-refractivity contribution in [2.45, 2.75) is 109 Å². The minimum absolute atomic E-state index is 0.0683. The van der Waals surface area contributed by atoms with E-state index in [1.807, 2.05) is 150 Å². The third-order valence-corrected chi connectivity index (χ3v) is 21.7. The first-order valence-corrected chi connectivity index (χ1v) is 43.8. The Bertz CT molecular complexity index is 7280. The van der Waals surface area contributed by atoms with Crippen LogP contribution in [-0.2, 0) is 32.7 Å². The topological polar surface area (TPSA) is 384 Å². The molecule has 17 aromatic rings. The minimum atomic E-state index is -0.449. The van der Waals surface area contributed by atoms with Crippen molar-refractivity contribution in [3.05, 3.63) is 376 Å². The van der Waals surface area contributed by atoms with Crippen LogP contribution in [0.4, 0.5) is 61.3 Å². The number of nitrogens with one attached hydrogen (secondary N) is 5. The molecule has 5 N–H and O–H groups in total. The number of carbonyl (C=O) groups is 5. The van der Waals surface area contributed by atoms with E-state index in [4.69, 9.17) is 11.6 Å². The third-order valence-electron chi connectivity index (χ3n) is 21.5. The van der Waals surface area contributed by atoms with Crippen LogP contribution in [0.1, 0.15) is 127 Å². The standard InChI is InChI=1S/2C23H20N4O2.C20H20N4O2.C19H17ClN4O2.C19H17FN4O2/c1-3-27-23(29)22(25-19-12-6-9-16-8-4-5-11-18(16)19)20(15(2)28)21(26-27)17-10-7-13-24-14-17;1-3-27-23(29)22(25-19-10-6-8-16-7-4-5-9-18(16)19)20(15(2)28)21(26-27)17-11-13-24-14-12-17;1-4-24-20(26)19(22-16-8-6-5-7-13(16)2)17(14(3)25)18(23-24)15-9-11-21-12-10-15;1-3-24-19(26)18(22-15-6-4-5-14(20)11-15)16(12(2)25)17(23-24)13-7-9-21-10-8-13;1-3-24-19(26)18(22-15-8-4-7-14(20)10-15)16(12(2)25)17(23-24)13-6-5-9-21-11-13/h2*4-14,25H,3H2,1-2H3;5-12,22H,4H2,1-3H3;2*4-11,22H,3H2,1-2H3. The summed E-state index contributed by atoms with van der Waals surface area (Å²) >= 11 is 6.03. The molecule has 0 radical (unpaired) electrons. The van der Waals surface area contributed by atoms with Crippen molar-refractivity contribution in [3.8, 4) is 56.3 Å². The van der Waals surface area contributed by atoms with Crippen LogP contribution in [0, 0.1) is 12.7 Å². The molecule has 0 aliphatic carbocycles. The maximum Gasteiger partial charge on any atom is 0.291 e. The van der Waals surface area contributed by atoms with Gasteiger partial charge in [-0.1, -0.05) is 115 Å². The van der Waals surface area contributed by atoms with Crippen LogP contribution in [0.15, 0.2) is 304 Å². The fourth-order valence-electron chi connectivity index (χ4n) is 15.0. The predicted molar refractivity (Wildman–Crippen MR) is 530 cm³/mol. The van der Waals surface area contributed by atoms with Gasteiger partial charge in [-0.15, -0.1) is 0 Å². The molecule has 0 aliphatic heterocycles. The van der Waals surface area contributed by atoms with Crippen molar-refractivity contribution >= 4 is 119 Å². The van der Waals surface area contributed by atoms with Gasteiger partial charge in [0.15, 0.2) is 28.9 Å². The molecular formula is C104H94ClFN20O10. The highest BCUT2D eigenvalue weighted by Gasteiger charge is 2.29. The number of Topliss-reactive ketones (excluding diaryl/α,β-unsaturated/α-hetero) is 5. The number of rotatable bonds is 25. The Morgan fingerprint density at radius 3 is 0.904 bits per heavy atom. The Labute approximate surface area is 784 Å². The van der Waals surface area contributed by atoms with Crippen molar-refractivity contribution in [1.82, 2.24) is 73.8 Å². The highest BCUT2D eigenvalue weighted by atomic mass is 35.5. The summed E-state index contributed by atoms with van der Waals surface area (Å²) in [5.74, 6) is -1.71. The zero-order valence-electron chi connectivity index (χ0n) is 76.1. The van der Waals surface area contributed by atoms with Gasteiger partial charge in [-0.3, -0.25) is 72.9 Å². The number of para-hydroxylation sites is 1. The molecule has 0 atom stereocenters. The number of aromatic nitrogens is 15. The average Bonchev–Trinajstić information content (AvgIpc) is 0.775. The molecule has 10 aromatic heterocycles. The maximum atomic E-state index is 13.5. The number of pyridine rings is 5. The van der Waals surface area contributed by atoms with E-state index in [-0.39, 0.29) is 107 Å². The van der Waals surface area contributed by atoms with Gasteiger partial charge in [-0.2, -0.15) is 25.5 Å². The number of aryl methyl sites for hydroxylation is 6. The highest BCUT2D eigenvalue weighted by Crippen LogP contribution is 2.37. The molecule has 684 valence electrons. The van der Waals surface area contributed by atoms with E-state index in [2.05, 4.69) is 77.0 Å². The molecular weight excluding hydrogens is 1740 g/mol. The molecule has 0 aliphatic rings. The Morgan fingerprint density at radius 1 is 0.301 bits per heavy atom. The van der Waals surface area contributed by atoms with Gasteiger partial charge in [-0.25, -0.2) is 27.8 Å². The summed E-state index contributed by atoms with van der Waals surface area (Å²) in [6, 6.07) is 65.4. The quantitative estimate of drug-likeness (QED) is 0.0332. The molecule has 0 saturated carbocycles. The summed E-state index contributed by atoms with van der Waals surface area (Å²) in [7, 11) is 0. The number of carbonyl (C=O) groups excluding carboxylic acids is 5. The lowest BCUT2D eigenvalue weighted by Gasteiger charge is -2.17. The van der Waals surface area contributed by atoms with Crippen LogP contribution in [0.25, 0.3) is 77.8 Å². The van der Waals surface area contributed by atoms with E-state index in [1.54, 1.807) is 154 Å². The zero-order chi connectivity index (χ0) is 96.8. The summed E-state index contributed by atoms with van der Waals surface area (Å²) < 4.78 is 20.2. The summed E-state index contributed by atoms with van der Waals surface area (Å²) in [4.78, 5) is 147. The molecule has 0 amide bonds. The number of hydrogen-bond acceptors (Lipinski definition) is 25. The third kappa shape index (κ3) is 22.2. The lowest BCUT2D eigenvalue weighted by Crippen LogP contribution is -2.28. The van der Waals surface area contributed by atoms with Gasteiger partial charge >= 0.3 is 0 Å². The molecule has 0 bridgehead atoms. The predicted octanol–water partition coefficient (Wildman–Crippen LogP) is 19.8. The molecule has 10 heterocycles. The van der Waals surface area contributed by atoms with Crippen molar-refractivity contribution < 1.29 is 28.4 Å². The van der Waals surface area contributed by atoms with Crippen molar-refractivity contribution in [3.63, 3.8) is 0 Å². The molecule has 0 unspecified atom stereocenters. The Balaban J connectivity index is 0.000000144. The number of benzene rings is 7. The lowest BCUT2D eigenvalue weighted by atomic mass is 10.0. The van der Waals surface area contributed by atoms with Crippen LogP contribution in [0.3, 0.4) is 0 Å². The van der Waals surface area contributed by atoms with Gasteiger partial charge in [0.25, 0.3) is 27.8 Å². The molecule has 0 saturated heterocycles. The monoisotopic (exact) mass is 1840 g/mol. The fraction of sp³-hybridized carbons (Fsp3) is 0.154. The number of hydrogen-bond donors (Lipinski definition) is 5. The first kappa shape index (κ1) is 96.3. The smallest absolute Gasteiger partial charge is 0.291 e. The van der Waals surface area contributed by atoms with Gasteiger partial charge in [-0.05, 0) is 208 Å². The number of nitrogens with zero attached hydrogens (tertiary/aromatic N) is 15. The molecule has 0 spiro atoms. The van der Waals surface area contributed by atoms with Gasteiger partial charge in [0.05, 0.1) is 27.8 Å². The minimum Gasteiger partial charge on any atom is -0.350 e. The van der Waals surface area contributed by atoms with Crippen LogP contribution in [0.5, 0.6) is 0 Å². The average molecular weight is 1840 g/mol. The molecule has 30 nitrogen and oxygen atoms in total. The molecule has 32 heteroatoms. The van der Waals surface area contributed by atoms with Crippen LogP contribution in [0.2, 0.25) is 5.02 Å². The van der Waals surface area contributed by atoms with Crippen LogP contribution >= 0.6 is 11.6 Å². The molecule has 136 heavy (non-hydrogen) atoms. The number of ketones is 5. The van der Waals surface area contributed by atoms with Crippen LogP contribution < -0.4 is 54.4 Å². The van der Waals surface area contributed by atoms with Crippen molar-refractivity contribution in [2.24, 2.45) is 0 Å². The summed E-state index contributed by atoms with van der Waals surface area (Å²) in [6.07, 6.45) is 16.3. The normalized spacial score (nSPS) is 10.7. The fourth-order valence-corrected chi connectivity index (χ4v) is 15.2. The SMILES string of the molecule is CCn1nc(-c2cccnc2)c(C(C)=O)c(Nc2cccc(F)c2)c1=O.CCn1nc(-c2cccnc2)c(C(C)=O)c(Nc2cccc3ccccc23)c1=O.CCn1nc(-c2ccncc2)c(C(C)=O)c(Nc2cccc(Cl)c2)c1=O.CCn1nc(-c2ccncc2)c(C(C)=O)c(Nc2cccc3ccccc23)c1=O.CCn1nc(-c2ccncc2)c(C(C)=O)c(Nc2ccccc2C)c1=O. The van der Waals surface area contributed by atoms with E-state index in [0.29, 0.717) is 94.3 Å². The zero-order valence-corrected chi connectivity index (χ0v) is 76.9. The second-order valence-electron chi connectivity index (χ2n) is 30.6. The Morgan fingerprint density at radius 2 is 0.588 bits per heavy atom. The van der Waals surface area contributed by atoms with E-state index in [0.717, 1.165) is 55.3 Å². The van der Waals surface area contributed by atoms with E-state index >= 15 is 0 Å².